The van der Waals surface area contributed by atoms with E-state index in [1.165, 1.54) is 0 Å². The van der Waals surface area contributed by atoms with Crippen LogP contribution in [0.4, 0.5) is 4.79 Å². The number of rotatable bonds is 3. The van der Waals surface area contributed by atoms with Crippen LogP contribution in [0.25, 0.3) is 0 Å². The molecule has 0 spiro atoms. The Morgan fingerprint density at radius 1 is 1.29 bits per heavy atom. The number of halogens is 1. The van der Waals surface area contributed by atoms with Crippen LogP contribution in [0.2, 0.25) is 0 Å². The quantitative estimate of drug-likeness (QED) is 0.873. The summed E-state index contributed by atoms with van der Waals surface area (Å²) in [5, 5.41) is 2.14. The molecule has 0 aliphatic heterocycles. The predicted octanol–water partition coefficient (Wildman–Crippen LogP) is 2.61. The summed E-state index contributed by atoms with van der Waals surface area (Å²) in [6.07, 6.45) is -0.744. The van der Waals surface area contributed by atoms with E-state index >= 15 is 0 Å². The Labute approximate surface area is 108 Å². The molecular weight excluding hydrogens is 286 g/mol. The normalized spacial score (nSPS) is 10.8. The fourth-order valence-corrected chi connectivity index (χ4v) is 1.10. The molecule has 1 aromatic rings. The van der Waals surface area contributed by atoms with Gasteiger partial charge in [-0.1, -0.05) is 46.3 Å². The summed E-state index contributed by atoms with van der Waals surface area (Å²) in [4.78, 5) is 22.7. The zero-order chi connectivity index (χ0) is 12.9. The van der Waals surface area contributed by atoms with Crippen LogP contribution in [0, 0.1) is 0 Å². The van der Waals surface area contributed by atoms with E-state index in [-0.39, 0.29) is 6.61 Å². The Morgan fingerprint density at radius 3 is 2.41 bits per heavy atom. The molecular formula is C12H14BrNO3. The fourth-order valence-electron chi connectivity index (χ4n) is 1.00. The average Bonchev–Trinajstić information content (AvgIpc) is 2.26. The standard InChI is InChI=1S/C12H14BrNO3/c1-12(2,13)10(15)14-11(16)17-8-9-6-4-3-5-7-9/h3-7H,8H2,1-2H3,(H,14,15,16). The van der Waals surface area contributed by atoms with Gasteiger partial charge in [-0.2, -0.15) is 0 Å². The highest BCUT2D eigenvalue weighted by Crippen LogP contribution is 2.15. The highest BCUT2D eigenvalue weighted by molar-refractivity contribution is 9.10. The summed E-state index contributed by atoms with van der Waals surface area (Å²) < 4.78 is 4.11. The Bertz CT molecular complexity index is 398. The molecule has 92 valence electrons. The Kier molecular flexibility index (Phi) is 4.69. The maximum atomic E-state index is 11.4. The second-order valence-corrected chi connectivity index (χ2v) is 5.97. The van der Waals surface area contributed by atoms with Gasteiger partial charge in [0.2, 0.25) is 5.91 Å². The van der Waals surface area contributed by atoms with E-state index in [2.05, 4.69) is 21.2 Å². The number of hydrogen-bond acceptors (Lipinski definition) is 3. The summed E-state index contributed by atoms with van der Waals surface area (Å²) >= 11 is 3.15. The number of imide groups is 1. The number of nitrogens with one attached hydrogen (secondary N) is 1. The summed E-state index contributed by atoms with van der Waals surface area (Å²) in [5.41, 5.74) is 0.869. The maximum absolute atomic E-state index is 11.4. The lowest BCUT2D eigenvalue weighted by Crippen LogP contribution is -2.41. The van der Waals surface area contributed by atoms with E-state index in [9.17, 15) is 9.59 Å². The third-order valence-electron chi connectivity index (χ3n) is 1.97. The summed E-state index contributed by atoms with van der Waals surface area (Å²) in [6.45, 7) is 3.43. The first-order valence-corrected chi connectivity index (χ1v) is 5.90. The molecule has 0 aliphatic carbocycles. The zero-order valence-corrected chi connectivity index (χ0v) is 11.3. The van der Waals surface area contributed by atoms with Gasteiger partial charge in [-0.25, -0.2) is 4.79 Å². The van der Waals surface area contributed by atoms with Crippen molar-refractivity contribution in [2.75, 3.05) is 0 Å². The van der Waals surface area contributed by atoms with Gasteiger partial charge in [0, 0.05) is 0 Å². The van der Waals surface area contributed by atoms with Crippen LogP contribution in [0.3, 0.4) is 0 Å². The van der Waals surface area contributed by atoms with Gasteiger partial charge in [0.25, 0.3) is 0 Å². The first-order chi connectivity index (χ1) is 7.89. The highest BCUT2D eigenvalue weighted by Gasteiger charge is 2.25. The van der Waals surface area contributed by atoms with E-state index in [1.54, 1.807) is 13.8 Å². The summed E-state index contributed by atoms with van der Waals surface area (Å²) in [6, 6.07) is 9.25. The topological polar surface area (TPSA) is 55.4 Å². The largest absolute Gasteiger partial charge is 0.444 e. The van der Waals surface area contributed by atoms with Gasteiger partial charge in [0.15, 0.2) is 0 Å². The fraction of sp³-hybridized carbons (Fsp3) is 0.333. The van der Waals surface area contributed by atoms with Crippen LogP contribution >= 0.6 is 15.9 Å². The minimum absolute atomic E-state index is 0.142. The minimum atomic E-state index is -0.793. The summed E-state index contributed by atoms with van der Waals surface area (Å²) in [5.74, 6) is -0.435. The lowest BCUT2D eigenvalue weighted by Gasteiger charge is -2.14. The molecule has 17 heavy (non-hydrogen) atoms. The molecule has 0 heterocycles. The van der Waals surface area contributed by atoms with Crippen molar-refractivity contribution in [3.8, 4) is 0 Å². The van der Waals surface area contributed by atoms with Crippen molar-refractivity contribution in [3.63, 3.8) is 0 Å². The highest BCUT2D eigenvalue weighted by atomic mass is 79.9. The van der Waals surface area contributed by atoms with E-state index in [1.807, 2.05) is 30.3 Å². The van der Waals surface area contributed by atoms with E-state index < -0.39 is 16.3 Å². The molecule has 0 aliphatic rings. The average molecular weight is 300 g/mol. The lowest BCUT2D eigenvalue weighted by molar-refractivity contribution is -0.121. The number of alkyl halides is 1. The Hall–Kier alpha value is -1.36. The molecule has 4 nitrogen and oxygen atoms in total. The second kappa shape index (κ2) is 5.82. The van der Waals surface area contributed by atoms with Gasteiger partial charge in [-0.3, -0.25) is 10.1 Å². The van der Waals surface area contributed by atoms with Gasteiger partial charge >= 0.3 is 6.09 Å². The molecule has 0 unspecified atom stereocenters. The maximum Gasteiger partial charge on any atom is 0.414 e. The monoisotopic (exact) mass is 299 g/mol. The molecule has 0 aromatic heterocycles. The Morgan fingerprint density at radius 2 is 1.88 bits per heavy atom. The van der Waals surface area contributed by atoms with Crippen molar-refractivity contribution in [1.82, 2.24) is 5.32 Å². The van der Waals surface area contributed by atoms with Crippen molar-refractivity contribution in [3.05, 3.63) is 35.9 Å². The van der Waals surface area contributed by atoms with Crippen LogP contribution in [0.5, 0.6) is 0 Å². The summed E-state index contributed by atoms with van der Waals surface area (Å²) in [7, 11) is 0. The van der Waals surface area contributed by atoms with Crippen molar-refractivity contribution in [2.45, 2.75) is 24.8 Å². The van der Waals surface area contributed by atoms with Crippen molar-refractivity contribution in [2.24, 2.45) is 0 Å². The van der Waals surface area contributed by atoms with E-state index in [0.29, 0.717) is 0 Å². The third-order valence-corrected chi connectivity index (χ3v) is 2.33. The van der Waals surface area contributed by atoms with Gasteiger partial charge in [-0.15, -0.1) is 0 Å². The molecule has 0 fully saturated rings. The van der Waals surface area contributed by atoms with Crippen LogP contribution in [0.15, 0.2) is 30.3 Å². The number of alkyl carbamates (subject to hydrolysis) is 1. The van der Waals surface area contributed by atoms with E-state index in [4.69, 9.17) is 4.74 Å². The molecule has 0 saturated carbocycles. The van der Waals surface area contributed by atoms with Crippen molar-refractivity contribution < 1.29 is 14.3 Å². The number of benzene rings is 1. The number of carbonyl (C=O) groups excluding carboxylic acids is 2. The number of carbonyl (C=O) groups is 2. The molecule has 1 rings (SSSR count). The van der Waals surface area contributed by atoms with Gasteiger partial charge < -0.3 is 4.74 Å². The van der Waals surface area contributed by atoms with Gasteiger partial charge in [0.1, 0.15) is 6.61 Å². The number of ether oxygens (including phenoxy) is 1. The first-order valence-electron chi connectivity index (χ1n) is 5.10. The second-order valence-electron chi connectivity index (χ2n) is 3.99. The van der Waals surface area contributed by atoms with Crippen molar-refractivity contribution in [1.29, 1.82) is 0 Å². The third kappa shape index (κ3) is 4.99. The van der Waals surface area contributed by atoms with Gasteiger partial charge in [-0.05, 0) is 19.4 Å². The molecule has 2 amide bonds. The smallest absolute Gasteiger partial charge is 0.414 e. The SMILES string of the molecule is CC(C)(Br)C(=O)NC(=O)OCc1ccccc1. The molecule has 0 atom stereocenters. The van der Waals surface area contributed by atoms with Crippen LogP contribution < -0.4 is 5.32 Å². The first kappa shape index (κ1) is 13.7. The molecule has 1 N–H and O–H groups in total. The minimum Gasteiger partial charge on any atom is -0.444 e. The molecule has 0 saturated heterocycles. The van der Waals surface area contributed by atoms with Gasteiger partial charge in [0.05, 0.1) is 4.32 Å². The van der Waals surface area contributed by atoms with Crippen molar-refractivity contribution >= 4 is 27.9 Å². The zero-order valence-electron chi connectivity index (χ0n) is 9.70. The molecule has 5 heteroatoms. The van der Waals surface area contributed by atoms with Crippen LogP contribution in [-0.4, -0.2) is 16.3 Å². The Balaban J connectivity index is 2.39. The number of hydrogen-bond donors (Lipinski definition) is 1. The van der Waals surface area contributed by atoms with Crippen LogP contribution in [0.1, 0.15) is 19.4 Å². The van der Waals surface area contributed by atoms with E-state index in [0.717, 1.165) is 5.56 Å². The number of amides is 2. The molecule has 1 aromatic carbocycles. The van der Waals surface area contributed by atoms with Crippen LogP contribution in [-0.2, 0) is 16.1 Å². The molecule has 0 radical (unpaired) electrons. The lowest BCUT2D eigenvalue weighted by atomic mass is 10.2. The predicted molar refractivity (Wildman–Crippen MR) is 67.8 cm³/mol. The molecule has 0 bridgehead atoms.